The number of fused-ring (bicyclic) bond motifs is 1. The van der Waals surface area contributed by atoms with Gasteiger partial charge in [0.15, 0.2) is 0 Å². The van der Waals surface area contributed by atoms with Gasteiger partial charge in [-0.1, -0.05) is 12.1 Å². The van der Waals surface area contributed by atoms with Crippen molar-refractivity contribution in [2.75, 3.05) is 16.8 Å². The first-order valence-electron chi connectivity index (χ1n) is 5.78. The van der Waals surface area contributed by atoms with Gasteiger partial charge in [0.05, 0.1) is 16.4 Å². The van der Waals surface area contributed by atoms with Crippen LogP contribution in [0.15, 0.2) is 29.6 Å². The van der Waals surface area contributed by atoms with Crippen molar-refractivity contribution >= 4 is 34.5 Å². The summed E-state index contributed by atoms with van der Waals surface area (Å²) < 4.78 is 0. The van der Waals surface area contributed by atoms with Crippen molar-refractivity contribution in [3.8, 4) is 0 Å². The van der Waals surface area contributed by atoms with Crippen LogP contribution in [0.3, 0.4) is 0 Å². The molecule has 0 aliphatic carbocycles. The number of aromatic nitrogens is 1. The number of para-hydroxylation sites is 2. The summed E-state index contributed by atoms with van der Waals surface area (Å²) in [6.07, 6.45) is 0. The molecule has 0 unspecified atom stereocenters. The molecule has 3 rings (SSSR count). The first kappa shape index (κ1) is 11.9. The highest BCUT2D eigenvalue weighted by Crippen LogP contribution is 2.30. The maximum absolute atomic E-state index is 12.4. The molecule has 1 aliphatic heterocycles. The zero-order valence-corrected chi connectivity index (χ0v) is 11.0. The van der Waals surface area contributed by atoms with Crippen LogP contribution in [-0.4, -0.2) is 23.3 Å². The zero-order valence-electron chi connectivity index (χ0n) is 10.2. The van der Waals surface area contributed by atoms with Crippen molar-refractivity contribution in [3.05, 3.63) is 40.3 Å². The lowest BCUT2D eigenvalue weighted by Gasteiger charge is -2.28. The fourth-order valence-corrected chi connectivity index (χ4v) is 2.60. The minimum atomic E-state index is -0.244. The van der Waals surface area contributed by atoms with E-state index in [0.717, 1.165) is 5.01 Å². The maximum Gasteiger partial charge on any atom is 0.278 e. The van der Waals surface area contributed by atoms with E-state index in [1.165, 1.54) is 16.2 Å². The smallest absolute Gasteiger partial charge is 0.278 e. The van der Waals surface area contributed by atoms with Gasteiger partial charge in [-0.25, -0.2) is 4.98 Å². The van der Waals surface area contributed by atoms with Crippen LogP contribution in [-0.2, 0) is 4.79 Å². The van der Waals surface area contributed by atoms with Gasteiger partial charge in [0.1, 0.15) is 12.2 Å². The van der Waals surface area contributed by atoms with Crippen LogP contribution >= 0.6 is 11.3 Å². The number of benzene rings is 1. The number of hydrogen-bond acceptors (Lipinski definition) is 4. The highest BCUT2D eigenvalue weighted by Gasteiger charge is 2.28. The first-order chi connectivity index (χ1) is 9.15. The van der Waals surface area contributed by atoms with E-state index in [1.54, 1.807) is 11.4 Å². The van der Waals surface area contributed by atoms with E-state index in [0.29, 0.717) is 17.1 Å². The third-order valence-corrected chi connectivity index (χ3v) is 3.63. The molecular weight excluding hydrogens is 262 g/mol. The van der Waals surface area contributed by atoms with Gasteiger partial charge in [-0.3, -0.25) is 14.5 Å². The molecule has 0 atom stereocenters. The molecule has 1 aromatic heterocycles. The van der Waals surface area contributed by atoms with Crippen LogP contribution in [0.2, 0.25) is 0 Å². The molecule has 6 heteroatoms. The molecule has 1 aromatic carbocycles. The number of thiazole rings is 1. The number of aryl methyl sites for hydroxylation is 1. The number of nitrogens with zero attached hydrogens (tertiary/aromatic N) is 2. The van der Waals surface area contributed by atoms with Gasteiger partial charge in [-0.05, 0) is 19.1 Å². The number of carbonyl (C=O) groups is 2. The summed E-state index contributed by atoms with van der Waals surface area (Å²) >= 11 is 1.42. The number of rotatable bonds is 1. The summed E-state index contributed by atoms with van der Waals surface area (Å²) in [4.78, 5) is 29.7. The molecule has 0 saturated heterocycles. The fraction of sp³-hybridized carbons (Fsp3) is 0.154. The Bertz CT molecular complexity index is 665. The molecule has 0 bridgehead atoms. The Morgan fingerprint density at radius 1 is 1.42 bits per heavy atom. The molecule has 2 heterocycles. The lowest BCUT2D eigenvalue weighted by atomic mass is 10.2. The fourth-order valence-electron chi connectivity index (χ4n) is 2.01. The van der Waals surface area contributed by atoms with Crippen LogP contribution in [0.25, 0.3) is 0 Å². The number of hydrogen-bond donors (Lipinski definition) is 1. The van der Waals surface area contributed by atoms with Crippen molar-refractivity contribution in [1.82, 2.24) is 4.98 Å². The minimum absolute atomic E-state index is 0.0203. The molecule has 0 spiro atoms. The van der Waals surface area contributed by atoms with Crippen molar-refractivity contribution in [3.63, 3.8) is 0 Å². The summed E-state index contributed by atoms with van der Waals surface area (Å²) in [5.74, 6) is -0.439. The molecule has 19 heavy (non-hydrogen) atoms. The Balaban J connectivity index is 2.01. The van der Waals surface area contributed by atoms with E-state index < -0.39 is 0 Å². The predicted molar refractivity (Wildman–Crippen MR) is 73.6 cm³/mol. The van der Waals surface area contributed by atoms with Gasteiger partial charge in [-0.2, -0.15) is 0 Å². The largest absolute Gasteiger partial charge is 0.323 e. The van der Waals surface area contributed by atoms with Gasteiger partial charge in [0.2, 0.25) is 5.91 Å². The molecule has 96 valence electrons. The first-order valence-corrected chi connectivity index (χ1v) is 6.66. The Kier molecular flexibility index (Phi) is 2.79. The normalized spacial score (nSPS) is 13.9. The van der Waals surface area contributed by atoms with E-state index in [-0.39, 0.29) is 18.4 Å². The highest BCUT2D eigenvalue weighted by molar-refractivity contribution is 7.09. The van der Waals surface area contributed by atoms with Gasteiger partial charge >= 0.3 is 0 Å². The molecule has 2 amide bonds. The molecule has 5 nitrogen and oxygen atoms in total. The van der Waals surface area contributed by atoms with Crippen molar-refractivity contribution < 1.29 is 9.59 Å². The molecule has 0 radical (unpaired) electrons. The average Bonchev–Trinajstić information content (AvgIpc) is 2.83. The van der Waals surface area contributed by atoms with E-state index >= 15 is 0 Å². The van der Waals surface area contributed by atoms with Crippen LogP contribution in [0, 0.1) is 6.92 Å². The van der Waals surface area contributed by atoms with E-state index in [1.807, 2.05) is 25.1 Å². The van der Waals surface area contributed by atoms with Gasteiger partial charge < -0.3 is 5.32 Å². The summed E-state index contributed by atoms with van der Waals surface area (Å²) in [5, 5.41) is 5.30. The highest BCUT2D eigenvalue weighted by atomic mass is 32.1. The third-order valence-electron chi connectivity index (χ3n) is 2.85. The monoisotopic (exact) mass is 273 g/mol. The quantitative estimate of drug-likeness (QED) is 0.865. The standard InChI is InChI=1S/C13H11N3O2S/c1-8-14-10(7-19-8)13(18)16-6-12(17)15-9-4-2-3-5-11(9)16/h2-5,7H,6H2,1H3,(H,15,17). The van der Waals surface area contributed by atoms with Gasteiger partial charge in [-0.15, -0.1) is 11.3 Å². The summed E-state index contributed by atoms with van der Waals surface area (Å²) in [6.45, 7) is 1.87. The average molecular weight is 273 g/mol. The lowest BCUT2D eigenvalue weighted by Crippen LogP contribution is -2.42. The molecular formula is C13H11N3O2S. The predicted octanol–water partition coefficient (Wildman–Crippen LogP) is 2.05. The molecule has 0 saturated carbocycles. The van der Waals surface area contributed by atoms with E-state index in [9.17, 15) is 9.59 Å². The Hall–Kier alpha value is -2.21. The van der Waals surface area contributed by atoms with Crippen molar-refractivity contribution in [2.24, 2.45) is 0 Å². The van der Waals surface area contributed by atoms with Crippen LogP contribution in [0.4, 0.5) is 11.4 Å². The SMILES string of the molecule is Cc1nc(C(=O)N2CC(=O)Nc3ccccc32)cs1. The van der Waals surface area contributed by atoms with Crippen LogP contribution in [0.5, 0.6) is 0 Å². The molecule has 2 aromatic rings. The second-order valence-electron chi connectivity index (χ2n) is 4.21. The second-order valence-corrected chi connectivity index (χ2v) is 5.27. The van der Waals surface area contributed by atoms with Crippen LogP contribution in [0.1, 0.15) is 15.5 Å². The van der Waals surface area contributed by atoms with E-state index in [4.69, 9.17) is 0 Å². The maximum atomic E-state index is 12.4. The van der Waals surface area contributed by atoms with Gasteiger partial charge in [0.25, 0.3) is 5.91 Å². The Labute approximate surface area is 113 Å². The summed E-state index contributed by atoms with van der Waals surface area (Å²) in [6, 6.07) is 7.24. The minimum Gasteiger partial charge on any atom is -0.323 e. The van der Waals surface area contributed by atoms with Crippen molar-refractivity contribution in [2.45, 2.75) is 6.92 Å². The van der Waals surface area contributed by atoms with Crippen LogP contribution < -0.4 is 10.2 Å². The van der Waals surface area contributed by atoms with E-state index in [2.05, 4.69) is 10.3 Å². The summed E-state index contributed by atoms with van der Waals surface area (Å²) in [7, 11) is 0. The Morgan fingerprint density at radius 2 is 2.21 bits per heavy atom. The number of anilines is 2. The Morgan fingerprint density at radius 3 is 2.95 bits per heavy atom. The van der Waals surface area contributed by atoms with Gasteiger partial charge in [0, 0.05) is 5.38 Å². The number of nitrogens with one attached hydrogen (secondary N) is 1. The topological polar surface area (TPSA) is 62.3 Å². The lowest BCUT2D eigenvalue weighted by molar-refractivity contribution is -0.115. The summed E-state index contributed by atoms with van der Waals surface area (Å²) in [5.41, 5.74) is 1.74. The zero-order chi connectivity index (χ0) is 13.4. The third kappa shape index (κ3) is 2.10. The molecule has 1 N–H and O–H groups in total. The molecule has 0 fully saturated rings. The second kappa shape index (κ2) is 4.47. The van der Waals surface area contributed by atoms with Crippen molar-refractivity contribution in [1.29, 1.82) is 0 Å². The number of carbonyl (C=O) groups excluding carboxylic acids is 2. The molecule has 1 aliphatic rings. The number of amides is 2.